The second kappa shape index (κ2) is 4.85. The Morgan fingerprint density at radius 2 is 2.47 bits per heavy atom. The van der Waals surface area contributed by atoms with Crippen molar-refractivity contribution in [2.45, 2.75) is 28.7 Å². The molecule has 0 saturated carbocycles. The fourth-order valence-electron chi connectivity index (χ4n) is 1.49. The van der Waals surface area contributed by atoms with Gasteiger partial charge in [0, 0.05) is 6.54 Å². The molecule has 1 aliphatic heterocycles. The minimum absolute atomic E-state index is 0.0207. The third kappa shape index (κ3) is 2.85. The Morgan fingerprint density at radius 1 is 1.60 bits per heavy atom. The largest absolute Gasteiger partial charge is 0.375 e. The van der Waals surface area contributed by atoms with Gasteiger partial charge in [-0.25, -0.2) is 4.98 Å². The molecule has 2 heterocycles. The Hall–Kier alpha value is -0.750. The summed E-state index contributed by atoms with van der Waals surface area (Å²) in [5.41, 5.74) is 5.54. The normalized spacial score (nSPS) is 22.1. The number of aromatic nitrogens is 1. The van der Waals surface area contributed by atoms with Crippen LogP contribution in [0.1, 0.15) is 19.3 Å². The third-order valence-corrected chi connectivity index (χ3v) is 4.48. The van der Waals surface area contributed by atoms with Crippen molar-refractivity contribution in [1.29, 1.82) is 0 Å². The zero-order valence-electron chi connectivity index (χ0n) is 8.23. The van der Waals surface area contributed by atoms with Crippen LogP contribution in [0.3, 0.4) is 0 Å². The summed E-state index contributed by atoms with van der Waals surface area (Å²) in [5, 5.41) is 3.50. The van der Waals surface area contributed by atoms with Crippen molar-refractivity contribution >= 4 is 34.1 Å². The standard InChI is InChI=1S/C9H13N3OS2/c10-9-12-5-7(15-9)14-6-3-1-2-4-11-8(6)13/h5-6H,1-4H2,(H2,10,12)(H,11,13). The predicted octanol–water partition coefficient (Wildman–Crippen LogP) is 1.49. The van der Waals surface area contributed by atoms with Gasteiger partial charge in [-0.05, 0) is 12.8 Å². The Kier molecular flexibility index (Phi) is 3.48. The molecule has 1 unspecified atom stereocenters. The lowest BCUT2D eigenvalue weighted by Gasteiger charge is -2.10. The maximum absolute atomic E-state index is 11.6. The highest BCUT2D eigenvalue weighted by molar-refractivity contribution is 8.02. The van der Waals surface area contributed by atoms with Gasteiger partial charge in [-0.1, -0.05) is 17.8 Å². The molecule has 1 atom stereocenters. The van der Waals surface area contributed by atoms with Crippen LogP contribution >= 0.6 is 23.1 Å². The first-order valence-corrected chi connectivity index (χ1v) is 6.61. The average Bonchev–Trinajstić information content (AvgIpc) is 2.50. The highest BCUT2D eigenvalue weighted by Gasteiger charge is 2.22. The van der Waals surface area contributed by atoms with Crippen LogP contribution in [-0.4, -0.2) is 22.7 Å². The van der Waals surface area contributed by atoms with E-state index in [2.05, 4.69) is 10.3 Å². The first-order chi connectivity index (χ1) is 7.25. The zero-order chi connectivity index (χ0) is 10.7. The Morgan fingerprint density at radius 3 is 3.20 bits per heavy atom. The van der Waals surface area contributed by atoms with Crippen molar-refractivity contribution in [1.82, 2.24) is 10.3 Å². The van der Waals surface area contributed by atoms with Gasteiger partial charge in [0.1, 0.15) is 0 Å². The molecular formula is C9H13N3OS2. The average molecular weight is 243 g/mol. The molecular weight excluding hydrogens is 230 g/mol. The van der Waals surface area contributed by atoms with Crippen molar-refractivity contribution in [3.63, 3.8) is 0 Å². The van der Waals surface area contributed by atoms with Crippen molar-refractivity contribution in [2.75, 3.05) is 12.3 Å². The van der Waals surface area contributed by atoms with E-state index in [1.54, 1.807) is 18.0 Å². The van der Waals surface area contributed by atoms with Crippen molar-refractivity contribution in [3.05, 3.63) is 6.20 Å². The topological polar surface area (TPSA) is 68.0 Å². The summed E-state index contributed by atoms with van der Waals surface area (Å²) in [5.74, 6) is 0.143. The van der Waals surface area contributed by atoms with Gasteiger partial charge in [0.2, 0.25) is 5.91 Å². The zero-order valence-corrected chi connectivity index (χ0v) is 9.87. The van der Waals surface area contributed by atoms with Crippen molar-refractivity contribution in [2.24, 2.45) is 0 Å². The number of hydrogen-bond donors (Lipinski definition) is 2. The molecule has 4 nitrogen and oxygen atoms in total. The van der Waals surface area contributed by atoms with Crippen LogP contribution in [-0.2, 0) is 4.79 Å². The fourth-order valence-corrected chi connectivity index (χ4v) is 3.57. The summed E-state index contributed by atoms with van der Waals surface area (Å²) >= 11 is 3.01. The summed E-state index contributed by atoms with van der Waals surface area (Å²) in [6.07, 6.45) is 4.86. The van der Waals surface area contributed by atoms with Crippen LogP contribution in [0.4, 0.5) is 5.13 Å². The van der Waals surface area contributed by atoms with Crippen molar-refractivity contribution in [3.8, 4) is 0 Å². The van der Waals surface area contributed by atoms with Gasteiger partial charge in [0.15, 0.2) is 5.13 Å². The first kappa shape index (κ1) is 10.8. The van der Waals surface area contributed by atoms with E-state index >= 15 is 0 Å². The molecule has 1 aromatic rings. The number of nitrogens with one attached hydrogen (secondary N) is 1. The molecule has 0 aromatic carbocycles. The number of carbonyl (C=O) groups is 1. The van der Waals surface area contributed by atoms with E-state index in [1.165, 1.54) is 11.3 Å². The van der Waals surface area contributed by atoms with Gasteiger partial charge in [0.25, 0.3) is 0 Å². The Labute approximate surface area is 96.6 Å². The van der Waals surface area contributed by atoms with Gasteiger partial charge in [-0.3, -0.25) is 4.79 Å². The van der Waals surface area contributed by atoms with Crippen molar-refractivity contribution < 1.29 is 4.79 Å². The van der Waals surface area contributed by atoms with E-state index in [4.69, 9.17) is 5.73 Å². The Bertz CT molecular complexity index is 353. The Balaban J connectivity index is 2.00. The molecule has 1 aromatic heterocycles. The summed E-state index contributed by atoms with van der Waals surface area (Å²) in [7, 11) is 0. The highest BCUT2D eigenvalue weighted by atomic mass is 32.2. The molecule has 0 bridgehead atoms. The molecule has 2 rings (SSSR count). The van der Waals surface area contributed by atoms with Crippen LogP contribution < -0.4 is 11.1 Å². The third-order valence-electron chi connectivity index (χ3n) is 2.25. The van der Waals surface area contributed by atoms with Crippen LogP contribution in [0, 0.1) is 0 Å². The number of anilines is 1. The maximum Gasteiger partial charge on any atom is 0.233 e. The number of rotatable bonds is 2. The fraction of sp³-hybridized carbons (Fsp3) is 0.556. The number of carbonyl (C=O) groups excluding carboxylic acids is 1. The van der Waals surface area contributed by atoms with E-state index in [1.807, 2.05) is 0 Å². The lowest BCUT2D eigenvalue weighted by atomic mass is 10.2. The number of hydrogen-bond acceptors (Lipinski definition) is 5. The van der Waals surface area contributed by atoms with Crippen LogP contribution in [0.25, 0.3) is 0 Å². The first-order valence-electron chi connectivity index (χ1n) is 4.91. The van der Waals surface area contributed by atoms with Gasteiger partial charge in [-0.15, -0.1) is 11.8 Å². The number of amides is 1. The molecule has 3 N–H and O–H groups in total. The molecule has 82 valence electrons. The molecule has 6 heteroatoms. The lowest BCUT2D eigenvalue weighted by molar-refractivity contribution is -0.120. The van der Waals surface area contributed by atoms with E-state index in [0.717, 1.165) is 30.0 Å². The molecule has 1 amide bonds. The van der Waals surface area contributed by atoms with E-state index in [-0.39, 0.29) is 11.2 Å². The highest BCUT2D eigenvalue weighted by Crippen LogP contribution is 2.32. The SMILES string of the molecule is Nc1ncc(SC2CCCCNC2=O)s1. The van der Waals surface area contributed by atoms with E-state index < -0.39 is 0 Å². The quantitative estimate of drug-likeness (QED) is 0.825. The smallest absolute Gasteiger partial charge is 0.233 e. The number of nitrogen functional groups attached to an aromatic ring is 1. The summed E-state index contributed by atoms with van der Waals surface area (Å²) in [4.78, 5) is 15.6. The van der Waals surface area contributed by atoms with Crippen LogP contribution in [0.2, 0.25) is 0 Å². The van der Waals surface area contributed by atoms with Crippen LogP contribution in [0.5, 0.6) is 0 Å². The van der Waals surface area contributed by atoms with Gasteiger partial charge in [0.05, 0.1) is 15.7 Å². The second-order valence-corrected chi connectivity index (χ2v) is 5.98. The molecule has 15 heavy (non-hydrogen) atoms. The minimum Gasteiger partial charge on any atom is -0.375 e. The summed E-state index contributed by atoms with van der Waals surface area (Å²) in [6.45, 7) is 0.806. The molecule has 1 saturated heterocycles. The van der Waals surface area contributed by atoms with Crippen LogP contribution in [0.15, 0.2) is 10.4 Å². The predicted molar refractivity (Wildman–Crippen MR) is 63.0 cm³/mol. The van der Waals surface area contributed by atoms with Gasteiger partial charge in [-0.2, -0.15) is 0 Å². The van der Waals surface area contributed by atoms with Gasteiger partial charge < -0.3 is 11.1 Å². The minimum atomic E-state index is 0.0207. The number of nitrogens with zero attached hydrogens (tertiary/aromatic N) is 1. The molecule has 1 aliphatic rings. The van der Waals surface area contributed by atoms with Gasteiger partial charge >= 0.3 is 0 Å². The monoisotopic (exact) mass is 243 g/mol. The lowest BCUT2D eigenvalue weighted by Crippen LogP contribution is -2.30. The second-order valence-electron chi connectivity index (χ2n) is 3.41. The number of thioether (sulfide) groups is 1. The molecule has 0 aliphatic carbocycles. The molecule has 1 fully saturated rings. The molecule has 0 spiro atoms. The van der Waals surface area contributed by atoms with E-state index in [0.29, 0.717) is 5.13 Å². The number of nitrogens with two attached hydrogens (primary N) is 1. The number of thiazole rings is 1. The summed E-state index contributed by atoms with van der Waals surface area (Å²) in [6, 6.07) is 0. The van der Waals surface area contributed by atoms with E-state index in [9.17, 15) is 4.79 Å². The summed E-state index contributed by atoms with van der Waals surface area (Å²) < 4.78 is 1.02. The maximum atomic E-state index is 11.6. The molecule has 0 radical (unpaired) electrons.